The zero-order valence-electron chi connectivity index (χ0n) is 10.9. The molecule has 2 aromatic rings. The van der Waals surface area contributed by atoms with Crippen LogP contribution in [0.25, 0.3) is 0 Å². The maximum absolute atomic E-state index is 13.1. The zero-order valence-corrected chi connectivity index (χ0v) is 11.7. The van der Waals surface area contributed by atoms with Crippen LogP contribution in [0.1, 0.15) is 11.1 Å². The van der Waals surface area contributed by atoms with E-state index >= 15 is 0 Å². The van der Waals surface area contributed by atoms with Crippen LogP contribution in [-0.4, -0.2) is 8.42 Å². The van der Waals surface area contributed by atoms with Crippen molar-refractivity contribution in [1.29, 1.82) is 5.26 Å². The molecule has 0 spiro atoms. The number of nitrogen functional groups attached to an aromatic ring is 1. The minimum atomic E-state index is -3.91. The van der Waals surface area contributed by atoms with Crippen molar-refractivity contribution in [2.45, 2.75) is 11.4 Å². The summed E-state index contributed by atoms with van der Waals surface area (Å²) in [5, 5.41) is 8.68. The fraction of sp³-hybridized carbons (Fsp3) is 0.0714. The molecule has 0 aromatic heterocycles. The molecule has 0 heterocycles. The Balaban J connectivity index is 2.17. The zero-order chi connectivity index (χ0) is 15.5. The number of nitrogens with one attached hydrogen (secondary N) is 1. The summed E-state index contributed by atoms with van der Waals surface area (Å²) in [4.78, 5) is -0.295. The van der Waals surface area contributed by atoms with Gasteiger partial charge in [-0.1, -0.05) is 12.1 Å². The highest BCUT2D eigenvalue weighted by Crippen LogP contribution is 2.19. The van der Waals surface area contributed by atoms with Gasteiger partial charge in [0.25, 0.3) is 0 Å². The minimum Gasteiger partial charge on any atom is -0.398 e. The van der Waals surface area contributed by atoms with Gasteiger partial charge in [-0.3, -0.25) is 0 Å². The quantitative estimate of drug-likeness (QED) is 0.841. The molecule has 0 fully saturated rings. The maximum Gasteiger partial charge on any atom is 0.243 e. The Hall–Kier alpha value is -2.43. The maximum atomic E-state index is 13.1. The van der Waals surface area contributed by atoms with Crippen LogP contribution in [0, 0.1) is 17.1 Å². The Morgan fingerprint density at radius 1 is 1.19 bits per heavy atom. The molecule has 0 radical (unpaired) electrons. The average Bonchev–Trinajstić information content (AvgIpc) is 2.48. The Kier molecular flexibility index (Phi) is 4.21. The van der Waals surface area contributed by atoms with E-state index in [1.54, 1.807) is 24.3 Å². The lowest BCUT2D eigenvalue weighted by Gasteiger charge is -2.09. The summed E-state index contributed by atoms with van der Waals surface area (Å²) in [6.07, 6.45) is 0. The second-order valence-electron chi connectivity index (χ2n) is 4.32. The molecule has 0 aliphatic rings. The van der Waals surface area contributed by atoms with Crippen molar-refractivity contribution in [1.82, 2.24) is 4.72 Å². The summed E-state index contributed by atoms with van der Waals surface area (Å²) in [6.45, 7) is 0.0179. The van der Waals surface area contributed by atoms with Crippen LogP contribution in [0.4, 0.5) is 10.1 Å². The molecular formula is C14H12FN3O2S. The predicted molar refractivity (Wildman–Crippen MR) is 76.0 cm³/mol. The van der Waals surface area contributed by atoms with E-state index in [1.807, 2.05) is 6.07 Å². The van der Waals surface area contributed by atoms with Crippen LogP contribution < -0.4 is 10.5 Å². The number of nitriles is 1. The lowest BCUT2D eigenvalue weighted by molar-refractivity contribution is 0.578. The molecule has 3 N–H and O–H groups in total. The first-order chi connectivity index (χ1) is 9.92. The van der Waals surface area contributed by atoms with Gasteiger partial charge in [-0.2, -0.15) is 5.26 Å². The normalized spacial score (nSPS) is 11.0. The molecule has 0 saturated carbocycles. The second-order valence-corrected chi connectivity index (χ2v) is 6.05. The fourth-order valence-corrected chi connectivity index (χ4v) is 2.85. The number of benzene rings is 2. The van der Waals surface area contributed by atoms with E-state index in [0.29, 0.717) is 11.1 Å². The average molecular weight is 305 g/mol. The molecule has 0 aliphatic carbocycles. The Labute approximate surface area is 121 Å². The van der Waals surface area contributed by atoms with Crippen molar-refractivity contribution >= 4 is 15.7 Å². The molecule has 2 aromatic carbocycles. The van der Waals surface area contributed by atoms with Gasteiger partial charge in [0, 0.05) is 6.54 Å². The standard InChI is InChI=1S/C14H12FN3O2S/c15-12-5-6-13(17)14(7-12)21(19,20)18-9-11-3-1-10(8-16)2-4-11/h1-7,18H,9,17H2. The molecule has 0 saturated heterocycles. The van der Waals surface area contributed by atoms with Crippen LogP contribution in [-0.2, 0) is 16.6 Å². The number of hydrogen-bond acceptors (Lipinski definition) is 4. The van der Waals surface area contributed by atoms with Gasteiger partial charge in [-0.15, -0.1) is 0 Å². The van der Waals surface area contributed by atoms with Gasteiger partial charge in [0.1, 0.15) is 10.7 Å². The number of sulfonamides is 1. The predicted octanol–water partition coefficient (Wildman–Crippen LogP) is 1.76. The lowest BCUT2D eigenvalue weighted by atomic mass is 10.1. The van der Waals surface area contributed by atoms with E-state index in [2.05, 4.69) is 4.72 Å². The van der Waals surface area contributed by atoms with Gasteiger partial charge in [-0.05, 0) is 35.9 Å². The number of hydrogen-bond donors (Lipinski definition) is 2. The van der Waals surface area contributed by atoms with Crippen molar-refractivity contribution < 1.29 is 12.8 Å². The number of anilines is 1. The molecule has 2 rings (SSSR count). The smallest absolute Gasteiger partial charge is 0.243 e. The molecule has 0 amide bonds. The van der Waals surface area contributed by atoms with E-state index in [0.717, 1.165) is 12.1 Å². The largest absolute Gasteiger partial charge is 0.398 e. The first-order valence-electron chi connectivity index (χ1n) is 5.96. The Morgan fingerprint density at radius 2 is 1.86 bits per heavy atom. The van der Waals surface area contributed by atoms with Gasteiger partial charge >= 0.3 is 0 Å². The molecule has 0 atom stereocenters. The van der Waals surface area contributed by atoms with Gasteiger partial charge in [0.2, 0.25) is 10.0 Å². The van der Waals surface area contributed by atoms with Crippen molar-refractivity contribution in [2.75, 3.05) is 5.73 Å². The summed E-state index contributed by atoms with van der Waals surface area (Å²) in [5.41, 5.74) is 6.69. The first-order valence-corrected chi connectivity index (χ1v) is 7.44. The Bertz CT molecular complexity index is 796. The molecule has 7 heteroatoms. The van der Waals surface area contributed by atoms with E-state index in [1.165, 1.54) is 6.07 Å². The van der Waals surface area contributed by atoms with Gasteiger partial charge < -0.3 is 5.73 Å². The van der Waals surface area contributed by atoms with Gasteiger partial charge in [0.05, 0.1) is 17.3 Å². The third-order valence-corrected chi connectivity index (χ3v) is 4.27. The van der Waals surface area contributed by atoms with Crippen LogP contribution in [0.2, 0.25) is 0 Å². The SMILES string of the molecule is N#Cc1ccc(CNS(=O)(=O)c2cc(F)ccc2N)cc1. The molecule has 0 aliphatic heterocycles. The highest BCUT2D eigenvalue weighted by Gasteiger charge is 2.17. The van der Waals surface area contributed by atoms with Crippen LogP contribution in [0.15, 0.2) is 47.4 Å². The second kappa shape index (κ2) is 5.91. The molecular weight excluding hydrogens is 293 g/mol. The van der Waals surface area contributed by atoms with Crippen LogP contribution in [0.3, 0.4) is 0 Å². The molecule has 0 bridgehead atoms. The Morgan fingerprint density at radius 3 is 2.48 bits per heavy atom. The number of halogens is 1. The summed E-state index contributed by atoms with van der Waals surface area (Å²) >= 11 is 0. The van der Waals surface area contributed by atoms with Gasteiger partial charge in [-0.25, -0.2) is 17.5 Å². The van der Waals surface area contributed by atoms with Crippen molar-refractivity contribution in [2.24, 2.45) is 0 Å². The number of rotatable bonds is 4. The topological polar surface area (TPSA) is 96.0 Å². The summed E-state index contributed by atoms with van der Waals surface area (Å²) in [7, 11) is -3.91. The first kappa shape index (κ1) is 15.0. The summed E-state index contributed by atoms with van der Waals surface area (Å²) in [6, 6.07) is 11.6. The minimum absolute atomic E-state index is 0.0179. The highest BCUT2D eigenvalue weighted by molar-refractivity contribution is 7.89. The number of nitrogens with zero attached hydrogens (tertiary/aromatic N) is 1. The molecule has 0 unspecified atom stereocenters. The molecule has 21 heavy (non-hydrogen) atoms. The molecule has 5 nitrogen and oxygen atoms in total. The van der Waals surface area contributed by atoms with Crippen molar-refractivity contribution in [3.05, 3.63) is 59.4 Å². The van der Waals surface area contributed by atoms with Gasteiger partial charge in [0.15, 0.2) is 0 Å². The van der Waals surface area contributed by atoms with Crippen LogP contribution >= 0.6 is 0 Å². The monoisotopic (exact) mass is 305 g/mol. The third kappa shape index (κ3) is 3.56. The highest BCUT2D eigenvalue weighted by atomic mass is 32.2. The number of nitrogens with two attached hydrogens (primary N) is 1. The summed E-state index contributed by atoms with van der Waals surface area (Å²) in [5.74, 6) is -0.678. The van der Waals surface area contributed by atoms with Crippen molar-refractivity contribution in [3.63, 3.8) is 0 Å². The van der Waals surface area contributed by atoms with E-state index in [-0.39, 0.29) is 17.1 Å². The summed E-state index contributed by atoms with van der Waals surface area (Å²) < 4.78 is 39.7. The molecule has 108 valence electrons. The van der Waals surface area contributed by atoms with Crippen molar-refractivity contribution in [3.8, 4) is 6.07 Å². The fourth-order valence-electron chi connectivity index (χ4n) is 1.69. The van der Waals surface area contributed by atoms with E-state index in [9.17, 15) is 12.8 Å². The van der Waals surface area contributed by atoms with E-state index in [4.69, 9.17) is 11.0 Å². The van der Waals surface area contributed by atoms with Crippen LogP contribution in [0.5, 0.6) is 0 Å². The van der Waals surface area contributed by atoms with E-state index < -0.39 is 15.8 Å². The third-order valence-electron chi connectivity index (χ3n) is 2.81. The lowest BCUT2D eigenvalue weighted by Crippen LogP contribution is -2.24.